The molecule has 0 heterocycles. The van der Waals surface area contributed by atoms with Crippen LogP contribution in [0.15, 0.2) is 17.1 Å². The lowest BCUT2D eigenvalue weighted by atomic mass is 10.1. The highest BCUT2D eigenvalue weighted by Crippen LogP contribution is 2.03. The van der Waals surface area contributed by atoms with Crippen molar-refractivity contribution in [3.63, 3.8) is 0 Å². The van der Waals surface area contributed by atoms with E-state index < -0.39 is 0 Å². The first kappa shape index (κ1) is 8.76. The van der Waals surface area contributed by atoms with E-state index in [1.807, 2.05) is 6.26 Å². The summed E-state index contributed by atoms with van der Waals surface area (Å²) < 4.78 is 4.16. The molecule has 0 spiro atoms. The van der Waals surface area contributed by atoms with Gasteiger partial charge in [-0.25, -0.2) is 4.40 Å². The summed E-state index contributed by atoms with van der Waals surface area (Å²) in [6, 6.07) is 0. The molecule has 0 atom stereocenters. The average molecular weight is 143 g/mol. The monoisotopic (exact) mass is 143 g/mol. The Kier molecular flexibility index (Phi) is 4.50. The van der Waals surface area contributed by atoms with Gasteiger partial charge in [-0.1, -0.05) is 20.4 Å². The second kappa shape index (κ2) is 4.62. The minimum absolute atomic E-state index is 0.495. The van der Waals surface area contributed by atoms with Crippen LogP contribution in [-0.4, -0.2) is 12.0 Å². The van der Waals surface area contributed by atoms with Gasteiger partial charge in [0.25, 0.3) is 0 Å². The molecule has 0 aliphatic rings. The molecule has 0 N–H and O–H groups in total. The van der Waals surface area contributed by atoms with Gasteiger partial charge in [0.2, 0.25) is 0 Å². The van der Waals surface area contributed by atoms with Gasteiger partial charge in [-0.15, -0.1) is 0 Å². The van der Waals surface area contributed by atoms with Crippen LogP contribution >= 0.6 is 11.9 Å². The fourth-order valence-corrected chi connectivity index (χ4v) is 0.980. The molecule has 0 saturated heterocycles. The van der Waals surface area contributed by atoms with E-state index in [0.717, 1.165) is 5.71 Å². The van der Waals surface area contributed by atoms with Crippen LogP contribution in [0.25, 0.3) is 0 Å². The summed E-state index contributed by atoms with van der Waals surface area (Å²) in [5.74, 6) is 0.495. The Balaban J connectivity index is 3.97. The van der Waals surface area contributed by atoms with Crippen molar-refractivity contribution in [3.05, 3.63) is 12.7 Å². The van der Waals surface area contributed by atoms with Gasteiger partial charge in [0.1, 0.15) is 0 Å². The van der Waals surface area contributed by atoms with Gasteiger partial charge < -0.3 is 0 Å². The highest BCUT2D eigenvalue weighted by atomic mass is 32.2. The summed E-state index contributed by atoms with van der Waals surface area (Å²) >= 11 is 1.48. The lowest BCUT2D eigenvalue weighted by molar-refractivity contribution is 0.893. The maximum Gasteiger partial charge on any atom is 0.0506 e. The molecule has 0 unspecified atom stereocenters. The van der Waals surface area contributed by atoms with E-state index >= 15 is 0 Å². The molecule has 9 heavy (non-hydrogen) atoms. The minimum atomic E-state index is 0.495. The molecule has 0 amide bonds. The van der Waals surface area contributed by atoms with E-state index in [0.29, 0.717) is 5.92 Å². The average Bonchev–Trinajstić information content (AvgIpc) is 1.82. The Labute approximate surface area is 61.4 Å². The van der Waals surface area contributed by atoms with Crippen molar-refractivity contribution in [3.8, 4) is 0 Å². The molecule has 0 aliphatic carbocycles. The molecule has 0 radical (unpaired) electrons. The van der Waals surface area contributed by atoms with Crippen LogP contribution in [0.2, 0.25) is 0 Å². The highest BCUT2D eigenvalue weighted by molar-refractivity contribution is 7.97. The first-order valence-electron chi connectivity index (χ1n) is 2.95. The van der Waals surface area contributed by atoms with Gasteiger partial charge in [0.05, 0.1) is 5.71 Å². The molecule has 0 bridgehead atoms. The van der Waals surface area contributed by atoms with Gasteiger partial charge in [0, 0.05) is 6.26 Å². The van der Waals surface area contributed by atoms with Crippen LogP contribution in [-0.2, 0) is 0 Å². The maximum atomic E-state index is 4.16. The van der Waals surface area contributed by atoms with Crippen molar-refractivity contribution in [1.29, 1.82) is 0 Å². The Hall–Kier alpha value is -0.240. The zero-order valence-electron chi connectivity index (χ0n) is 6.22. The van der Waals surface area contributed by atoms with E-state index in [1.54, 1.807) is 6.08 Å². The molecule has 0 aliphatic heterocycles. The molecule has 0 fully saturated rings. The van der Waals surface area contributed by atoms with E-state index in [-0.39, 0.29) is 0 Å². The summed E-state index contributed by atoms with van der Waals surface area (Å²) in [6.45, 7) is 7.87. The van der Waals surface area contributed by atoms with Gasteiger partial charge in [-0.2, -0.15) is 0 Å². The van der Waals surface area contributed by atoms with Crippen LogP contribution in [0.1, 0.15) is 13.8 Å². The number of hydrogen-bond acceptors (Lipinski definition) is 2. The third kappa shape index (κ3) is 3.36. The SMILES string of the molecule is C=C/C(=N\SC)C(C)C. The zero-order chi connectivity index (χ0) is 7.28. The molecule has 0 saturated carbocycles. The third-order valence-corrected chi connectivity index (χ3v) is 1.39. The third-order valence-electron chi connectivity index (χ3n) is 0.997. The van der Waals surface area contributed by atoms with Crippen molar-refractivity contribution in [2.24, 2.45) is 10.3 Å². The lowest BCUT2D eigenvalue weighted by Crippen LogP contribution is -2.01. The topological polar surface area (TPSA) is 12.4 Å². The van der Waals surface area contributed by atoms with Crippen LogP contribution < -0.4 is 0 Å². The molecular weight excluding hydrogens is 130 g/mol. The van der Waals surface area contributed by atoms with Gasteiger partial charge in [-0.3, -0.25) is 0 Å². The van der Waals surface area contributed by atoms with Crippen molar-refractivity contribution in [2.75, 3.05) is 6.26 Å². The van der Waals surface area contributed by atoms with Crippen molar-refractivity contribution >= 4 is 17.7 Å². The van der Waals surface area contributed by atoms with Crippen molar-refractivity contribution in [1.82, 2.24) is 0 Å². The Morgan fingerprint density at radius 3 is 2.33 bits per heavy atom. The minimum Gasteiger partial charge on any atom is -0.221 e. The first-order valence-corrected chi connectivity index (χ1v) is 4.14. The zero-order valence-corrected chi connectivity index (χ0v) is 7.03. The van der Waals surface area contributed by atoms with Crippen molar-refractivity contribution < 1.29 is 0 Å². The van der Waals surface area contributed by atoms with E-state index in [1.165, 1.54) is 11.9 Å². The van der Waals surface area contributed by atoms with E-state index in [9.17, 15) is 0 Å². The standard InChI is InChI=1S/C7H13NS/c1-5-7(6(2)3)8-9-4/h5-6H,1H2,2-4H3/b8-7+. The second-order valence-corrected chi connectivity index (χ2v) is 2.61. The number of rotatable bonds is 3. The molecule has 0 aromatic carbocycles. The maximum absolute atomic E-state index is 4.16. The Morgan fingerprint density at radius 1 is 1.67 bits per heavy atom. The molecule has 0 aromatic heterocycles. The summed E-state index contributed by atoms with van der Waals surface area (Å²) in [6.07, 6.45) is 3.76. The van der Waals surface area contributed by atoms with E-state index in [4.69, 9.17) is 0 Å². The summed E-state index contributed by atoms with van der Waals surface area (Å²) in [5, 5.41) is 0. The predicted octanol–water partition coefficient (Wildman–Crippen LogP) is 2.55. The van der Waals surface area contributed by atoms with Crippen LogP contribution in [0.3, 0.4) is 0 Å². The first-order chi connectivity index (χ1) is 4.22. The smallest absolute Gasteiger partial charge is 0.0506 e. The largest absolute Gasteiger partial charge is 0.221 e. The predicted molar refractivity (Wildman–Crippen MR) is 46.0 cm³/mol. The van der Waals surface area contributed by atoms with Crippen molar-refractivity contribution in [2.45, 2.75) is 13.8 Å². The molecule has 0 rings (SSSR count). The van der Waals surface area contributed by atoms with Crippen LogP contribution in [0.5, 0.6) is 0 Å². The van der Waals surface area contributed by atoms with E-state index in [2.05, 4.69) is 24.8 Å². The Morgan fingerprint density at radius 2 is 2.22 bits per heavy atom. The number of nitrogens with zero attached hydrogens (tertiary/aromatic N) is 1. The molecule has 52 valence electrons. The molecule has 2 heteroatoms. The summed E-state index contributed by atoms with van der Waals surface area (Å²) in [7, 11) is 0. The summed E-state index contributed by atoms with van der Waals surface area (Å²) in [5.41, 5.74) is 1.07. The lowest BCUT2D eigenvalue weighted by Gasteiger charge is -2.01. The number of allylic oxidation sites excluding steroid dienone is 1. The second-order valence-electron chi connectivity index (χ2n) is 2.06. The van der Waals surface area contributed by atoms with Gasteiger partial charge in [-0.05, 0) is 23.9 Å². The Bertz CT molecular complexity index is 116. The molecule has 1 nitrogen and oxygen atoms in total. The summed E-state index contributed by atoms with van der Waals surface area (Å²) in [4.78, 5) is 0. The molecule has 0 aromatic rings. The quantitative estimate of drug-likeness (QED) is 0.437. The fraction of sp³-hybridized carbons (Fsp3) is 0.571. The fourth-order valence-electron chi connectivity index (χ4n) is 0.484. The molecular formula is C7H13NS. The number of hydrogen-bond donors (Lipinski definition) is 0. The highest BCUT2D eigenvalue weighted by Gasteiger charge is 1.97. The van der Waals surface area contributed by atoms with Gasteiger partial charge in [0.15, 0.2) is 0 Å². The van der Waals surface area contributed by atoms with Crippen LogP contribution in [0, 0.1) is 5.92 Å². The van der Waals surface area contributed by atoms with Crippen LogP contribution in [0.4, 0.5) is 0 Å². The normalized spacial score (nSPS) is 12.2. The van der Waals surface area contributed by atoms with Gasteiger partial charge >= 0.3 is 0 Å².